The van der Waals surface area contributed by atoms with Crippen LogP contribution in [0.15, 0.2) is 54.6 Å². The molecule has 0 atom stereocenters. The Balaban J connectivity index is 1.66. The van der Waals surface area contributed by atoms with E-state index in [9.17, 15) is 14.7 Å². The van der Waals surface area contributed by atoms with Crippen LogP contribution in [-0.2, 0) is 4.74 Å². The number of para-hydroxylation sites is 1. The van der Waals surface area contributed by atoms with Gasteiger partial charge in [-0.15, -0.1) is 0 Å². The number of carbonyl (C=O) groups is 2. The van der Waals surface area contributed by atoms with Gasteiger partial charge in [0.1, 0.15) is 11.3 Å². The summed E-state index contributed by atoms with van der Waals surface area (Å²) in [7, 11) is 1.24. The normalized spacial score (nSPS) is 10.9. The van der Waals surface area contributed by atoms with Crippen molar-refractivity contribution in [2.75, 3.05) is 12.4 Å². The number of amides is 1. The van der Waals surface area contributed by atoms with Crippen LogP contribution in [0, 0.1) is 0 Å². The molecule has 0 fully saturated rings. The van der Waals surface area contributed by atoms with Crippen LogP contribution < -0.4 is 5.32 Å². The fourth-order valence-corrected chi connectivity index (χ4v) is 3.66. The second kappa shape index (κ2) is 6.69. The number of nitrogens with zero attached hydrogens (tertiary/aromatic N) is 1. The Kier molecular flexibility index (Phi) is 4.21. The second-order valence-corrected chi connectivity index (χ2v) is 6.89. The smallest absolute Gasteiger partial charge is 0.341 e. The second-order valence-electron chi connectivity index (χ2n) is 5.86. The van der Waals surface area contributed by atoms with Gasteiger partial charge in [-0.25, -0.2) is 9.78 Å². The number of aromatic hydroxyl groups is 1. The molecule has 1 heterocycles. The molecule has 1 aromatic heterocycles. The summed E-state index contributed by atoms with van der Waals surface area (Å²) in [6, 6.07) is 15.6. The molecule has 4 rings (SSSR count). The molecular weight excluding hydrogens is 364 g/mol. The average Bonchev–Trinajstić information content (AvgIpc) is 3.08. The lowest BCUT2D eigenvalue weighted by Gasteiger charge is -2.07. The molecule has 6 nitrogen and oxygen atoms in total. The topological polar surface area (TPSA) is 88.5 Å². The van der Waals surface area contributed by atoms with Gasteiger partial charge in [0.05, 0.1) is 17.3 Å². The van der Waals surface area contributed by atoms with E-state index in [4.69, 9.17) is 0 Å². The maximum absolute atomic E-state index is 12.6. The average molecular weight is 378 g/mol. The van der Waals surface area contributed by atoms with Crippen molar-refractivity contribution in [1.29, 1.82) is 0 Å². The van der Waals surface area contributed by atoms with Gasteiger partial charge >= 0.3 is 5.97 Å². The van der Waals surface area contributed by atoms with E-state index >= 15 is 0 Å². The molecule has 0 bridgehead atoms. The fourth-order valence-electron chi connectivity index (χ4n) is 2.80. The van der Waals surface area contributed by atoms with E-state index in [0.29, 0.717) is 21.5 Å². The lowest BCUT2D eigenvalue weighted by molar-refractivity contribution is 0.0597. The third kappa shape index (κ3) is 3.20. The van der Waals surface area contributed by atoms with Gasteiger partial charge in [0.25, 0.3) is 5.91 Å². The largest absolute Gasteiger partial charge is 0.507 e. The summed E-state index contributed by atoms with van der Waals surface area (Å²) in [5.41, 5.74) is 1.30. The van der Waals surface area contributed by atoms with Crippen molar-refractivity contribution >= 4 is 49.3 Å². The van der Waals surface area contributed by atoms with E-state index in [1.807, 2.05) is 24.3 Å². The first-order chi connectivity index (χ1) is 13.0. The minimum Gasteiger partial charge on any atom is -0.507 e. The first-order valence-electron chi connectivity index (χ1n) is 8.07. The van der Waals surface area contributed by atoms with Crippen molar-refractivity contribution in [1.82, 2.24) is 4.98 Å². The molecule has 0 radical (unpaired) electrons. The number of phenolic OH excluding ortho intramolecular Hbond substituents is 1. The van der Waals surface area contributed by atoms with Gasteiger partial charge in [0.2, 0.25) is 0 Å². The number of methoxy groups -OCH3 is 1. The van der Waals surface area contributed by atoms with Crippen LogP contribution >= 0.6 is 11.3 Å². The van der Waals surface area contributed by atoms with Crippen molar-refractivity contribution in [3.8, 4) is 5.75 Å². The van der Waals surface area contributed by atoms with Crippen LogP contribution in [0.4, 0.5) is 5.13 Å². The van der Waals surface area contributed by atoms with Crippen molar-refractivity contribution in [3.63, 3.8) is 0 Å². The van der Waals surface area contributed by atoms with Gasteiger partial charge < -0.3 is 9.84 Å². The number of phenols is 1. The molecule has 3 aromatic carbocycles. The number of aromatic nitrogens is 1. The SMILES string of the molecule is COC(=O)c1cc2cc(C(=O)Nc3nc4ccccc4s3)ccc2cc1O. The Bertz CT molecular complexity index is 1170. The Labute approximate surface area is 158 Å². The van der Waals surface area contributed by atoms with Crippen molar-refractivity contribution < 1.29 is 19.4 Å². The van der Waals surface area contributed by atoms with Crippen LogP contribution in [0.2, 0.25) is 0 Å². The molecule has 27 heavy (non-hydrogen) atoms. The van der Waals surface area contributed by atoms with Gasteiger partial charge in [0, 0.05) is 5.56 Å². The highest BCUT2D eigenvalue weighted by molar-refractivity contribution is 7.22. The number of esters is 1. The highest BCUT2D eigenvalue weighted by Crippen LogP contribution is 2.28. The number of rotatable bonds is 3. The van der Waals surface area contributed by atoms with Gasteiger partial charge in [-0.1, -0.05) is 29.5 Å². The predicted molar refractivity (Wildman–Crippen MR) is 105 cm³/mol. The number of benzene rings is 3. The number of fused-ring (bicyclic) bond motifs is 2. The van der Waals surface area contributed by atoms with Crippen molar-refractivity contribution in [2.45, 2.75) is 0 Å². The summed E-state index contributed by atoms with van der Waals surface area (Å²) >= 11 is 1.40. The predicted octanol–water partition coefficient (Wildman–Crippen LogP) is 4.19. The summed E-state index contributed by atoms with van der Waals surface area (Å²) in [5.74, 6) is -1.11. The van der Waals surface area contributed by atoms with Crippen LogP contribution in [0.25, 0.3) is 21.0 Å². The summed E-state index contributed by atoms with van der Waals surface area (Å²) < 4.78 is 5.66. The lowest BCUT2D eigenvalue weighted by Crippen LogP contribution is -2.11. The molecule has 0 spiro atoms. The van der Waals surface area contributed by atoms with Gasteiger partial charge in [0.15, 0.2) is 5.13 Å². The van der Waals surface area contributed by atoms with Gasteiger partial charge in [-0.05, 0) is 47.2 Å². The molecule has 0 saturated heterocycles. The quantitative estimate of drug-likeness (QED) is 0.522. The first-order valence-corrected chi connectivity index (χ1v) is 8.89. The molecule has 0 unspecified atom stereocenters. The molecule has 4 aromatic rings. The van der Waals surface area contributed by atoms with Gasteiger partial charge in [-0.2, -0.15) is 0 Å². The molecule has 0 saturated carbocycles. The zero-order chi connectivity index (χ0) is 19.0. The van der Waals surface area contributed by atoms with Crippen molar-refractivity contribution in [2.24, 2.45) is 0 Å². The third-order valence-corrected chi connectivity index (χ3v) is 5.09. The third-order valence-electron chi connectivity index (χ3n) is 4.14. The molecule has 134 valence electrons. The number of anilines is 1. The Morgan fingerprint density at radius 3 is 2.67 bits per heavy atom. The lowest BCUT2D eigenvalue weighted by atomic mass is 10.0. The zero-order valence-corrected chi connectivity index (χ0v) is 15.0. The van der Waals surface area contributed by atoms with Crippen LogP contribution in [0.3, 0.4) is 0 Å². The molecule has 1 amide bonds. The summed E-state index contributed by atoms with van der Waals surface area (Å²) in [6.07, 6.45) is 0. The molecule has 0 aliphatic carbocycles. The maximum Gasteiger partial charge on any atom is 0.341 e. The highest BCUT2D eigenvalue weighted by Gasteiger charge is 2.15. The molecule has 7 heteroatoms. The Morgan fingerprint density at radius 2 is 1.89 bits per heavy atom. The monoisotopic (exact) mass is 378 g/mol. The molecule has 2 N–H and O–H groups in total. The van der Waals surface area contributed by atoms with E-state index in [-0.39, 0.29) is 17.2 Å². The number of hydrogen-bond acceptors (Lipinski definition) is 6. The maximum atomic E-state index is 12.6. The van der Waals surface area contributed by atoms with Crippen LogP contribution in [-0.4, -0.2) is 29.1 Å². The summed E-state index contributed by atoms with van der Waals surface area (Å²) in [4.78, 5) is 28.7. The fraction of sp³-hybridized carbons (Fsp3) is 0.0500. The number of hydrogen-bond donors (Lipinski definition) is 2. The number of nitrogens with one attached hydrogen (secondary N) is 1. The Morgan fingerprint density at radius 1 is 1.07 bits per heavy atom. The zero-order valence-electron chi connectivity index (χ0n) is 14.2. The number of ether oxygens (including phenoxy) is 1. The number of thiazole rings is 1. The molecule has 0 aliphatic heterocycles. The highest BCUT2D eigenvalue weighted by atomic mass is 32.1. The number of carbonyl (C=O) groups excluding carboxylic acids is 2. The van der Waals surface area contributed by atoms with E-state index < -0.39 is 5.97 Å². The van der Waals surface area contributed by atoms with E-state index in [1.165, 1.54) is 30.6 Å². The van der Waals surface area contributed by atoms with Crippen LogP contribution in [0.5, 0.6) is 5.75 Å². The molecular formula is C20H14N2O4S. The summed E-state index contributed by atoms with van der Waals surface area (Å²) in [6.45, 7) is 0. The van der Waals surface area contributed by atoms with E-state index in [0.717, 1.165) is 10.2 Å². The van der Waals surface area contributed by atoms with E-state index in [2.05, 4.69) is 15.0 Å². The minimum absolute atomic E-state index is 0.0498. The van der Waals surface area contributed by atoms with E-state index in [1.54, 1.807) is 18.2 Å². The van der Waals surface area contributed by atoms with Crippen molar-refractivity contribution in [3.05, 3.63) is 65.7 Å². The Hall–Kier alpha value is -3.45. The van der Waals surface area contributed by atoms with Gasteiger partial charge in [-0.3, -0.25) is 10.1 Å². The minimum atomic E-state index is -0.640. The summed E-state index contributed by atoms with van der Waals surface area (Å²) in [5, 5.41) is 14.6. The standard InChI is InChI=1S/C20H14N2O4S/c1-26-19(25)14-9-13-8-12(7-6-11(13)10-16(14)23)18(24)22-20-21-15-4-2-3-5-17(15)27-20/h2-10,23H,1H3,(H,21,22,24). The molecule has 0 aliphatic rings. The first kappa shape index (κ1) is 17.0. The van der Waals surface area contributed by atoms with Crippen LogP contribution in [0.1, 0.15) is 20.7 Å².